The van der Waals surface area contributed by atoms with Crippen LogP contribution in [0.2, 0.25) is 0 Å². The molecule has 2 rings (SSSR count). The topological polar surface area (TPSA) is 105 Å². The molecule has 3 N–H and O–H groups in total. The molecule has 2 aromatic carbocycles. The number of hydrogen-bond acceptors (Lipinski definition) is 4. The second-order valence-electron chi connectivity index (χ2n) is 5.31. The normalized spacial score (nSPS) is 11.0. The molecule has 0 saturated carbocycles. The highest BCUT2D eigenvalue weighted by Crippen LogP contribution is 2.14. The van der Waals surface area contributed by atoms with E-state index in [0.717, 1.165) is 12.8 Å². The van der Waals surface area contributed by atoms with Crippen molar-refractivity contribution in [2.75, 3.05) is 12.0 Å². The van der Waals surface area contributed by atoms with E-state index in [2.05, 4.69) is 17.6 Å². The van der Waals surface area contributed by atoms with Gasteiger partial charge in [-0.2, -0.15) is 8.42 Å². The molecule has 0 fully saturated rings. The third-order valence-corrected chi connectivity index (χ3v) is 4.21. The minimum atomic E-state index is -4.25. The molecular weight excluding hydrogens is 344 g/mol. The van der Waals surface area contributed by atoms with Crippen molar-refractivity contribution >= 4 is 21.8 Å². The van der Waals surface area contributed by atoms with Gasteiger partial charge in [0.05, 0.1) is 4.90 Å². The van der Waals surface area contributed by atoms with Gasteiger partial charge in [0.2, 0.25) is 0 Å². The maximum absolute atomic E-state index is 11.8. The highest BCUT2D eigenvalue weighted by Gasteiger charge is 2.09. The zero-order valence-electron chi connectivity index (χ0n) is 13.7. The number of amides is 2. The Hall–Kier alpha value is -2.58. The molecule has 2 aromatic rings. The van der Waals surface area contributed by atoms with Gasteiger partial charge in [0, 0.05) is 5.69 Å². The summed E-state index contributed by atoms with van der Waals surface area (Å²) in [7, 11) is -4.25. The SMILES string of the molecule is CCCc1ccc(OCNC(=O)Nc2ccc(S(=O)(=O)O)cc2)cc1. The van der Waals surface area contributed by atoms with Gasteiger partial charge in [0.25, 0.3) is 10.1 Å². The minimum Gasteiger partial charge on any atom is -0.473 e. The van der Waals surface area contributed by atoms with Crippen LogP contribution in [0.1, 0.15) is 18.9 Å². The van der Waals surface area contributed by atoms with Crippen LogP contribution in [0.15, 0.2) is 53.4 Å². The fraction of sp³-hybridized carbons (Fsp3) is 0.235. The lowest BCUT2D eigenvalue weighted by Crippen LogP contribution is -2.32. The third kappa shape index (κ3) is 6.09. The van der Waals surface area contributed by atoms with E-state index in [-0.39, 0.29) is 11.6 Å². The fourth-order valence-corrected chi connectivity index (χ4v) is 2.59. The van der Waals surface area contributed by atoms with Crippen molar-refractivity contribution in [1.29, 1.82) is 0 Å². The van der Waals surface area contributed by atoms with Gasteiger partial charge >= 0.3 is 6.03 Å². The Morgan fingerprint density at radius 3 is 2.28 bits per heavy atom. The number of benzene rings is 2. The number of ether oxygens (including phenoxy) is 1. The van der Waals surface area contributed by atoms with Crippen LogP contribution in [0.25, 0.3) is 0 Å². The van der Waals surface area contributed by atoms with Crippen molar-refractivity contribution < 1.29 is 22.5 Å². The number of aryl methyl sites for hydroxylation is 1. The molecule has 0 bridgehead atoms. The molecule has 0 atom stereocenters. The van der Waals surface area contributed by atoms with E-state index in [1.165, 1.54) is 29.8 Å². The monoisotopic (exact) mass is 364 g/mol. The van der Waals surface area contributed by atoms with Gasteiger partial charge in [-0.05, 0) is 48.4 Å². The van der Waals surface area contributed by atoms with Crippen molar-refractivity contribution in [3.8, 4) is 5.75 Å². The summed E-state index contributed by atoms with van der Waals surface area (Å²) in [6.07, 6.45) is 2.09. The third-order valence-electron chi connectivity index (χ3n) is 3.34. The predicted octanol–water partition coefficient (Wildman–Crippen LogP) is 3.04. The summed E-state index contributed by atoms with van der Waals surface area (Å²) in [5, 5.41) is 5.05. The smallest absolute Gasteiger partial charge is 0.321 e. The first-order valence-corrected chi connectivity index (χ1v) is 9.16. The summed E-state index contributed by atoms with van der Waals surface area (Å²) >= 11 is 0. The van der Waals surface area contributed by atoms with E-state index in [1.54, 1.807) is 0 Å². The van der Waals surface area contributed by atoms with Gasteiger partial charge in [0.1, 0.15) is 5.75 Å². The van der Waals surface area contributed by atoms with Gasteiger partial charge in [-0.25, -0.2) is 4.79 Å². The molecule has 0 aliphatic heterocycles. The van der Waals surface area contributed by atoms with Crippen LogP contribution >= 0.6 is 0 Å². The molecule has 0 aromatic heterocycles. The van der Waals surface area contributed by atoms with E-state index < -0.39 is 16.1 Å². The second-order valence-corrected chi connectivity index (χ2v) is 6.73. The molecule has 0 radical (unpaired) electrons. The largest absolute Gasteiger partial charge is 0.473 e. The molecule has 0 aliphatic rings. The van der Waals surface area contributed by atoms with Crippen LogP contribution in [0, 0.1) is 0 Å². The Morgan fingerprint density at radius 1 is 1.08 bits per heavy atom. The standard InChI is InChI=1S/C17H20N2O5S/c1-2-3-13-4-8-15(9-5-13)24-12-18-17(20)19-14-6-10-16(11-7-14)25(21,22)23/h4-11H,2-3,12H2,1H3,(H2,18,19,20)(H,21,22,23). The highest BCUT2D eigenvalue weighted by molar-refractivity contribution is 7.85. The first-order valence-electron chi connectivity index (χ1n) is 7.72. The molecule has 0 spiro atoms. The highest BCUT2D eigenvalue weighted by atomic mass is 32.2. The van der Waals surface area contributed by atoms with Gasteiger partial charge in [-0.3, -0.25) is 4.55 Å². The zero-order valence-corrected chi connectivity index (χ0v) is 14.5. The average Bonchev–Trinajstić information content (AvgIpc) is 2.56. The minimum absolute atomic E-state index is 0.0118. The molecule has 8 heteroatoms. The number of hydrogen-bond donors (Lipinski definition) is 3. The summed E-state index contributed by atoms with van der Waals surface area (Å²) in [4.78, 5) is 11.5. The maximum atomic E-state index is 11.8. The number of anilines is 1. The van der Waals surface area contributed by atoms with Crippen molar-refractivity contribution in [3.05, 3.63) is 54.1 Å². The van der Waals surface area contributed by atoms with Crippen LogP contribution < -0.4 is 15.4 Å². The van der Waals surface area contributed by atoms with E-state index in [0.29, 0.717) is 11.4 Å². The summed E-state index contributed by atoms with van der Waals surface area (Å²) in [6.45, 7) is 2.10. The molecule has 0 heterocycles. The summed E-state index contributed by atoms with van der Waals surface area (Å²) < 4.78 is 36.2. The van der Waals surface area contributed by atoms with E-state index in [9.17, 15) is 13.2 Å². The van der Waals surface area contributed by atoms with Gasteiger partial charge < -0.3 is 15.4 Å². The number of nitrogens with one attached hydrogen (secondary N) is 2. The van der Waals surface area contributed by atoms with E-state index >= 15 is 0 Å². The molecule has 134 valence electrons. The zero-order chi connectivity index (χ0) is 18.3. The van der Waals surface area contributed by atoms with Gasteiger partial charge in [0.15, 0.2) is 6.73 Å². The molecule has 7 nitrogen and oxygen atoms in total. The quantitative estimate of drug-likeness (QED) is 0.517. The lowest BCUT2D eigenvalue weighted by Gasteiger charge is -2.10. The van der Waals surface area contributed by atoms with Crippen molar-refractivity contribution in [2.24, 2.45) is 0 Å². The van der Waals surface area contributed by atoms with Crippen LogP contribution in [0.4, 0.5) is 10.5 Å². The van der Waals surface area contributed by atoms with Crippen LogP contribution in [0.5, 0.6) is 5.75 Å². The van der Waals surface area contributed by atoms with Gasteiger partial charge in [-0.15, -0.1) is 0 Å². The molecular formula is C17H20N2O5S. The van der Waals surface area contributed by atoms with Crippen molar-refractivity contribution in [2.45, 2.75) is 24.7 Å². The number of urea groups is 1. The lowest BCUT2D eigenvalue weighted by molar-refractivity contribution is 0.234. The predicted molar refractivity (Wildman–Crippen MR) is 94.3 cm³/mol. The Bertz CT molecular complexity index is 802. The van der Waals surface area contributed by atoms with Crippen molar-refractivity contribution in [1.82, 2.24) is 5.32 Å². The Labute approximate surface area is 146 Å². The lowest BCUT2D eigenvalue weighted by atomic mass is 10.1. The van der Waals surface area contributed by atoms with E-state index in [1.807, 2.05) is 24.3 Å². The first kappa shape index (κ1) is 18.8. The maximum Gasteiger partial charge on any atom is 0.321 e. The van der Waals surface area contributed by atoms with Crippen LogP contribution in [0.3, 0.4) is 0 Å². The summed E-state index contributed by atoms with van der Waals surface area (Å²) in [6, 6.07) is 12.3. The summed E-state index contributed by atoms with van der Waals surface area (Å²) in [5.74, 6) is 0.651. The van der Waals surface area contributed by atoms with Crippen molar-refractivity contribution in [3.63, 3.8) is 0 Å². The second kappa shape index (κ2) is 8.50. The number of rotatable bonds is 7. The molecule has 0 saturated heterocycles. The number of carbonyl (C=O) groups is 1. The van der Waals surface area contributed by atoms with E-state index in [4.69, 9.17) is 9.29 Å². The average molecular weight is 364 g/mol. The Kier molecular flexibility index (Phi) is 6.37. The Morgan fingerprint density at radius 2 is 1.72 bits per heavy atom. The molecule has 0 unspecified atom stereocenters. The molecule has 25 heavy (non-hydrogen) atoms. The number of carbonyl (C=O) groups excluding carboxylic acids is 1. The van der Waals surface area contributed by atoms with Crippen LogP contribution in [-0.2, 0) is 16.5 Å². The molecule has 0 aliphatic carbocycles. The molecule has 2 amide bonds. The summed E-state index contributed by atoms with van der Waals surface area (Å²) in [5.41, 5.74) is 1.61. The Balaban J connectivity index is 1.78. The van der Waals surface area contributed by atoms with Crippen LogP contribution in [-0.4, -0.2) is 25.7 Å². The first-order chi connectivity index (χ1) is 11.9. The van der Waals surface area contributed by atoms with Gasteiger partial charge in [-0.1, -0.05) is 25.5 Å². The fourth-order valence-electron chi connectivity index (χ4n) is 2.11.